The van der Waals surface area contributed by atoms with E-state index in [1.54, 1.807) is 0 Å². The van der Waals surface area contributed by atoms with E-state index in [1.807, 2.05) is 0 Å². The average molecular weight is 250 g/mol. The minimum absolute atomic E-state index is 0.231. The Bertz CT molecular complexity index is 247. The summed E-state index contributed by atoms with van der Waals surface area (Å²) in [5.41, 5.74) is 0. The number of hydrogen-bond donors (Lipinski definition) is 1. The summed E-state index contributed by atoms with van der Waals surface area (Å²) in [4.78, 5) is 2.41. The van der Waals surface area contributed by atoms with E-state index < -0.39 is 9.84 Å². The summed E-state index contributed by atoms with van der Waals surface area (Å²) in [6.07, 6.45) is 3.61. The standard InChI is InChI=1S/C11H26N2O2S/c1-4-8-13(9-5-2)10-6-12-7-11-16(3,14)15/h12H,4-11H2,1-3H3. The van der Waals surface area contributed by atoms with Crippen LogP contribution in [-0.4, -0.2) is 58.1 Å². The van der Waals surface area contributed by atoms with E-state index in [2.05, 4.69) is 24.1 Å². The second-order valence-electron chi connectivity index (χ2n) is 4.22. The molecule has 0 rings (SSSR count). The lowest BCUT2D eigenvalue weighted by molar-refractivity contribution is 0.275. The number of nitrogens with zero attached hydrogens (tertiary/aromatic N) is 1. The molecule has 0 amide bonds. The highest BCUT2D eigenvalue weighted by atomic mass is 32.2. The molecule has 0 heterocycles. The highest BCUT2D eigenvalue weighted by Gasteiger charge is 2.03. The summed E-state index contributed by atoms with van der Waals surface area (Å²) in [6, 6.07) is 0. The molecule has 0 aromatic heterocycles. The molecule has 0 aliphatic carbocycles. The van der Waals surface area contributed by atoms with Crippen molar-refractivity contribution in [3.8, 4) is 0 Å². The molecule has 0 aliphatic rings. The minimum Gasteiger partial charge on any atom is -0.314 e. The summed E-state index contributed by atoms with van der Waals surface area (Å²) >= 11 is 0. The molecule has 98 valence electrons. The Morgan fingerprint density at radius 1 is 1.00 bits per heavy atom. The van der Waals surface area contributed by atoms with Crippen molar-refractivity contribution >= 4 is 9.84 Å². The van der Waals surface area contributed by atoms with Crippen molar-refractivity contribution < 1.29 is 8.42 Å². The smallest absolute Gasteiger partial charge is 0.148 e. The van der Waals surface area contributed by atoms with E-state index in [-0.39, 0.29) is 5.75 Å². The van der Waals surface area contributed by atoms with Gasteiger partial charge in [-0.05, 0) is 25.9 Å². The van der Waals surface area contributed by atoms with Crippen LogP contribution in [0, 0.1) is 0 Å². The van der Waals surface area contributed by atoms with Crippen LogP contribution in [0.1, 0.15) is 26.7 Å². The zero-order chi connectivity index (χ0) is 12.4. The number of rotatable bonds is 10. The molecule has 0 aromatic rings. The summed E-state index contributed by atoms with van der Waals surface area (Å²) in [6.45, 7) is 9.05. The van der Waals surface area contributed by atoms with Gasteiger partial charge in [0, 0.05) is 25.9 Å². The number of nitrogens with one attached hydrogen (secondary N) is 1. The van der Waals surface area contributed by atoms with Gasteiger partial charge >= 0.3 is 0 Å². The Morgan fingerprint density at radius 2 is 1.56 bits per heavy atom. The molecule has 0 saturated heterocycles. The summed E-state index contributed by atoms with van der Waals surface area (Å²) < 4.78 is 21.8. The van der Waals surface area contributed by atoms with Gasteiger partial charge in [-0.2, -0.15) is 0 Å². The Balaban J connectivity index is 3.54. The van der Waals surface area contributed by atoms with Crippen LogP contribution in [0.15, 0.2) is 0 Å². The minimum atomic E-state index is -2.82. The van der Waals surface area contributed by atoms with Gasteiger partial charge in [0.25, 0.3) is 0 Å². The molecule has 0 radical (unpaired) electrons. The van der Waals surface area contributed by atoms with Crippen LogP contribution in [0.2, 0.25) is 0 Å². The van der Waals surface area contributed by atoms with Gasteiger partial charge in [0.1, 0.15) is 9.84 Å². The Kier molecular flexibility index (Phi) is 8.89. The molecular formula is C11H26N2O2S. The van der Waals surface area contributed by atoms with E-state index in [0.717, 1.165) is 26.2 Å². The van der Waals surface area contributed by atoms with E-state index in [9.17, 15) is 8.42 Å². The predicted octanol–water partition coefficient (Wildman–Crippen LogP) is 0.743. The topological polar surface area (TPSA) is 49.4 Å². The lowest BCUT2D eigenvalue weighted by atomic mass is 10.3. The number of sulfone groups is 1. The first-order valence-electron chi connectivity index (χ1n) is 6.10. The quantitative estimate of drug-likeness (QED) is 0.581. The van der Waals surface area contributed by atoms with Gasteiger partial charge in [-0.3, -0.25) is 0 Å². The predicted molar refractivity (Wildman–Crippen MR) is 69.6 cm³/mol. The highest BCUT2D eigenvalue weighted by molar-refractivity contribution is 7.90. The third-order valence-electron chi connectivity index (χ3n) is 2.33. The molecule has 0 fully saturated rings. The maximum Gasteiger partial charge on any atom is 0.148 e. The third kappa shape index (κ3) is 10.4. The maximum absolute atomic E-state index is 10.9. The first kappa shape index (κ1) is 15.9. The number of hydrogen-bond acceptors (Lipinski definition) is 4. The monoisotopic (exact) mass is 250 g/mol. The van der Waals surface area contributed by atoms with Crippen molar-refractivity contribution in [3.63, 3.8) is 0 Å². The Hall–Kier alpha value is -0.130. The zero-order valence-corrected chi connectivity index (χ0v) is 11.6. The van der Waals surface area contributed by atoms with Crippen LogP contribution in [0.25, 0.3) is 0 Å². The Labute approximate surface area is 100 Å². The molecule has 1 N–H and O–H groups in total. The fourth-order valence-electron chi connectivity index (χ4n) is 1.59. The van der Waals surface area contributed by atoms with Crippen LogP contribution >= 0.6 is 0 Å². The zero-order valence-electron chi connectivity index (χ0n) is 10.8. The summed E-state index contributed by atoms with van der Waals surface area (Å²) in [5, 5.41) is 3.17. The van der Waals surface area contributed by atoms with Crippen LogP contribution < -0.4 is 5.32 Å². The van der Waals surface area contributed by atoms with Crippen molar-refractivity contribution in [2.45, 2.75) is 26.7 Å². The molecule has 0 aliphatic heterocycles. The molecule has 0 unspecified atom stereocenters. The first-order chi connectivity index (χ1) is 7.49. The molecule has 4 nitrogen and oxygen atoms in total. The molecule has 0 atom stereocenters. The largest absolute Gasteiger partial charge is 0.314 e. The van der Waals surface area contributed by atoms with Gasteiger partial charge in [0.05, 0.1) is 5.75 Å². The lowest BCUT2D eigenvalue weighted by Crippen LogP contribution is -2.34. The summed E-state index contributed by atoms with van der Waals surface area (Å²) in [5.74, 6) is 0.231. The highest BCUT2D eigenvalue weighted by Crippen LogP contribution is 1.92. The van der Waals surface area contributed by atoms with Gasteiger partial charge in [-0.25, -0.2) is 8.42 Å². The summed E-state index contributed by atoms with van der Waals surface area (Å²) in [7, 11) is -2.82. The molecule has 0 spiro atoms. The lowest BCUT2D eigenvalue weighted by Gasteiger charge is -2.20. The second kappa shape index (κ2) is 8.96. The third-order valence-corrected chi connectivity index (χ3v) is 3.28. The Morgan fingerprint density at radius 3 is 2.00 bits per heavy atom. The van der Waals surface area contributed by atoms with Crippen molar-refractivity contribution in [3.05, 3.63) is 0 Å². The van der Waals surface area contributed by atoms with Crippen LogP contribution in [0.4, 0.5) is 0 Å². The van der Waals surface area contributed by atoms with Gasteiger partial charge in [0.15, 0.2) is 0 Å². The fourth-order valence-corrected chi connectivity index (χ4v) is 2.10. The van der Waals surface area contributed by atoms with E-state index >= 15 is 0 Å². The van der Waals surface area contributed by atoms with Crippen molar-refractivity contribution in [1.82, 2.24) is 10.2 Å². The molecule has 16 heavy (non-hydrogen) atoms. The van der Waals surface area contributed by atoms with E-state index in [1.165, 1.54) is 19.1 Å². The molecule has 0 saturated carbocycles. The van der Waals surface area contributed by atoms with Crippen LogP contribution in [-0.2, 0) is 9.84 Å². The van der Waals surface area contributed by atoms with Gasteiger partial charge < -0.3 is 10.2 Å². The molecule has 5 heteroatoms. The fraction of sp³-hybridized carbons (Fsp3) is 1.00. The average Bonchev–Trinajstić information content (AvgIpc) is 2.16. The van der Waals surface area contributed by atoms with Gasteiger partial charge in [-0.1, -0.05) is 13.8 Å². The van der Waals surface area contributed by atoms with Crippen LogP contribution in [0.5, 0.6) is 0 Å². The second-order valence-corrected chi connectivity index (χ2v) is 6.48. The SMILES string of the molecule is CCCN(CCC)CCNCCS(C)(=O)=O. The van der Waals surface area contributed by atoms with Crippen molar-refractivity contribution in [1.29, 1.82) is 0 Å². The first-order valence-corrected chi connectivity index (χ1v) is 8.16. The van der Waals surface area contributed by atoms with Gasteiger partial charge in [0.2, 0.25) is 0 Å². The molecule has 0 bridgehead atoms. The van der Waals surface area contributed by atoms with Crippen LogP contribution in [0.3, 0.4) is 0 Å². The molecular weight excluding hydrogens is 224 g/mol. The van der Waals surface area contributed by atoms with E-state index in [0.29, 0.717) is 6.54 Å². The molecule has 0 aromatic carbocycles. The maximum atomic E-state index is 10.9. The van der Waals surface area contributed by atoms with Gasteiger partial charge in [-0.15, -0.1) is 0 Å². The normalized spacial score (nSPS) is 12.2. The van der Waals surface area contributed by atoms with Crippen molar-refractivity contribution in [2.75, 3.05) is 44.7 Å². The van der Waals surface area contributed by atoms with E-state index in [4.69, 9.17) is 0 Å². The van der Waals surface area contributed by atoms with Crippen molar-refractivity contribution in [2.24, 2.45) is 0 Å².